The molecule has 0 amide bonds. The van der Waals surface area contributed by atoms with Gasteiger partial charge in [0.15, 0.2) is 0 Å². The van der Waals surface area contributed by atoms with Gasteiger partial charge >= 0.3 is 5.97 Å². The van der Waals surface area contributed by atoms with Gasteiger partial charge in [0, 0.05) is 5.54 Å². The van der Waals surface area contributed by atoms with Crippen molar-refractivity contribution < 1.29 is 9.53 Å². The minimum atomic E-state index is -0.0820. The molecule has 0 bridgehead atoms. The molecule has 4 heteroatoms. The van der Waals surface area contributed by atoms with Crippen molar-refractivity contribution in [3.63, 3.8) is 0 Å². The molecule has 4 nitrogen and oxygen atoms in total. The molecule has 1 heterocycles. The van der Waals surface area contributed by atoms with Crippen LogP contribution in [0.1, 0.15) is 32.6 Å². The highest BCUT2D eigenvalue weighted by atomic mass is 16.5. The maximum Gasteiger partial charge on any atom is 0.307 e. The SMILES string of the molecule is CCOC(=O)CC1(NC)CCCN(C)CC1. The third-order valence-electron chi connectivity index (χ3n) is 3.49. The highest BCUT2D eigenvalue weighted by Gasteiger charge is 2.33. The zero-order valence-electron chi connectivity index (χ0n) is 10.7. The molecular weight excluding hydrogens is 204 g/mol. The number of hydrogen-bond donors (Lipinski definition) is 1. The van der Waals surface area contributed by atoms with Gasteiger partial charge in [0.05, 0.1) is 13.0 Å². The quantitative estimate of drug-likeness (QED) is 0.729. The third-order valence-corrected chi connectivity index (χ3v) is 3.49. The first-order valence-electron chi connectivity index (χ1n) is 6.15. The van der Waals surface area contributed by atoms with Gasteiger partial charge in [-0.1, -0.05) is 0 Å². The summed E-state index contributed by atoms with van der Waals surface area (Å²) in [7, 11) is 4.08. The minimum absolute atomic E-state index is 0.0585. The van der Waals surface area contributed by atoms with Gasteiger partial charge in [-0.3, -0.25) is 4.79 Å². The largest absolute Gasteiger partial charge is 0.466 e. The van der Waals surface area contributed by atoms with Gasteiger partial charge in [-0.15, -0.1) is 0 Å². The van der Waals surface area contributed by atoms with E-state index in [2.05, 4.69) is 17.3 Å². The number of esters is 1. The van der Waals surface area contributed by atoms with Crippen LogP contribution >= 0.6 is 0 Å². The Hall–Kier alpha value is -0.610. The second kappa shape index (κ2) is 6.21. The van der Waals surface area contributed by atoms with Crippen LogP contribution in [0, 0.1) is 0 Å². The first-order valence-corrected chi connectivity index (χ1v) is 6.15. The second-order valence-corrected chi connectivity index (χ2v) is 4.67. The number of nitrogens with zero attached hydrogens (tertiary/aromatic N) is 1. The fourth-order valence-corrected chi connectivity index (χ4v) is 2.33. The van der Waals surface area contributed by atoms with Gasteiger partial charge < -0.3 is 15.0 Å². The summed E-state index contributed by atoms with van der Waals surface area (Å²) in [6, 6.07) is 0. The maximum atomic E-state index is 11.6. The van der Waals surface area contributed by atoms with Crippen molar-refractivity contribution in [3.05, 3.63) is 0 Å². The van der Waals surface area contributed by atoms with Crippen molar-refractivity contribution in [2.24, 2.45) is 0 Å². The van der Waals surface area contributed by atoms with Crippen LogP contribution in [-0.2, 0) is 9.53 Å². The number of carbonyl (C=O) groups is 1. The number of likely N-dealkylation sites (tertiary alicyclic amines) is 1. The van der Waals surface area contributed by atoms with Crippen molar-refractivity contribution in [1.29, 1.82) is 0 Å². The molecule has 1 rings (SSSR count). The van der Waals surface area contributed by atoms with Gasteiger partial charge in [-0.2, -0.15) is 0 Å². The molecule has 1 saturated heterocycles. The molecule has 0 saturated carbocycles. The topological polar surface area (TPSA) is 41.6 Å². The Morgan fingerprint density at radius 1 is 1.44 bits per heavy atom. The predicted molar refractivity (Wildman–Crippen MR) is 64.4 cm³/mol. The maximum absolute atomic E-state index is 11.6. The molecule has 1 atom stereocenters. The van der Waals surface area contributed by atoms with Crippen LogP contribution in [0.5, 0.6) is 0 Å². The van der Waals surface area contributed by atoms with E-state index in [1.54, 1.807) is 0 Å². The standard InChI is InChI=1S/C12H24N2O2/c1-4-16-11(15)10-12(13-2)6-5-8-14(3)9-7-12/h13H,4-10H2,1-3H3. The Kier molecular flexibility index (Phi) is 5.22. The van der Waals surface area contributed by atoms with Crippen molar-refractivity contribution in [1.82, 2.24) is 10.2 Å². The lowest BCUT2D eigenvalue weighted by Gasteiger charge is -2.31. The van der Waals surface area contributed by atoms with Gasteiger partial charge in [0.25, 0.3) is 0 Å². The highest BCUT2D eigenvalue weighted by molar-refractivity contribution is 5.70. The van der Waals surface area contributed by atoms with Crippen molar-refractivity contribution >= 4 is 5.97 Å². The normalized spacial score (nSPS) is 27.4. The fraction of sp³-hybridized carbons (Fsp3) is 0.917. The molecule has 0 aromatic heterocycles. The summed E-state index contributed by atoms with van der Waals surface area (Å²) in [6.07, 6.45) is 3.69. The van der Waals surface area contributed by atoms with Crippen LogP contribution in [-0.4, -0.2) is 50.2 Å². The van der Waals surface area contributed by atoms with E-state index >= 15 is 0 Å². The molecule has 1 N–H and O–H groups in total. The van der Waals surface area contributed by atoms with E-state index in [9.17, 15) is 4.79 Å². The summed E-state index contributed by atoms with van der Waals surface area (Å²) in [5.41, 5.74) is -0.0585. The molecule has 1 aliphatic rings. The van der Waals surface area contributed by atoms with Crippen LogP contribution in [0.2, 0.25) is 0 Å². The van der Waals surface area contributed by atoms with E-state index in [-0.39, 0.29) is 11.5 Å². The molecule has 0 aromatic carbocycles. The van der Waals surface area contributed by atoms with E-state index < -0.39 is 0 Å². The third kappa shape index (κ3) is 3.76. The Morgan fingerprint density at radius 2 is 2.19 bits per heavy atom. The van der Waals surface area contributed by atoms with E-state index in [1.165, 1.54) is 0 Å². The zero-order valence-corrected chi connectivity index (χ0v) is 10.7. The van der Waals surface area contributed by atoms with Crippen LogP contribution in [0.4, 0.5) is 0 Å². The summed E-state index contributed by atoms with van der Waals surface area (Å²) in [5, 5.41) is 3.34. The number of nitrogens with one attached hydrogen (secondary N) is 1. The summed E-state index contributed by atoms with van der Waals surface area (Å²) < 4.78 is 5.05. The van der Waals surface area contributed by atoms with E-state index in [4.69, 9.17) is 4.74 Å². The minimum Gasteiger partial charge on any atom is -0.466 e. The molecule has 1 fully saturated rings. The molecule has 94 valence electrons. The van der Waals surface area contributed by atoms with Gasteiger partial charge in [0.1, 0.15) is 0 Å². The number of hydrogen-bond acceptors (Lipinski definition) is 4. The highest BCUT2D eigenvalue weighted by Crippen LogP contribution is 2.25. The molecule has 1 unspecified atom stereocenters. The Labute approximate surface area is 98.3 Å². The van der Waals surface area contributed by atoms with E-state index in [0.717, 1.165) is 32.4 Å². The van der Waals surface area contributed by atoms with Crippen LogP contribution in [0.3, 0.4) is 0 Å². The van der Waals surface area contributed by atoms with Crippen molar-refractivity contribution in [3.8, 4) is 0 Å². The molecule has 0 radical (unpaired) electrons. The predicted octanol–water partition coefficient (Wildman–Crippen LogP) is 1.01. The number of ether oxygens (including phenoxy) is 1. The molecule has 0 spiro atoms. The van der Waals surface area contributed by atoms with Crippen molar-refractivity contribution in [2.45, 2.75) is 38.1 Å². The number of carbonyl (C=O) groups excluding carboxylic acids is 1. The number of rotatable bonds is 4. The first-order chi connectivity index (χ1) is 7.62. The first kappa shape index (κ1) is 13.5. The summed E-state index contributed by atoms with van der Waals surface area (Å²) in [5.74, 6) is -0.0820. The smallest absolute Gasteiger partial charge is 0.307 e. The monoisotopic (exact) mass is 228 g/mol. The Morgan fingerprint density at radius 3 is 2.81 bits per heavy atom. The lowest BCUT2D eigenvalue weighted by atomic mass is 9.87. The van der Waals surface area contributed by atoms with E-state index in [0.29, 0.717) is 13.0 Å². The van der Waals surface area contributed by atoms with E-state index in [1.807, 2.05) is 14.0 Å². The average molecular weight is 228 g/mol. The van der Waals surface area contributed by atoms with Crippen molar-refractivity contribution in [2.75, 3.05) is 33.8 Å². The Balaban J connectivity index is 2.57. The lowest BCUT2D eigenvalue weighted by Crippen LogP contribution is -2.45. The molecule has 16 heavy (non-hydrogen) atoms. The lowest BCUT2D eigenvalue weighted by molar-refractivity contribution is -0.145. The van der Waals surface area contributed by atoms with Crippen LogP contribution < -0.4 is 5.32 Å². The second-order valence-electron chi connectivity index (χ2n) is 4.67. The van der Waals surface area contributed by atoms with Gasteiger partial charge in [-0.25, -0.2) is 0 Å². The molecule has 1 aliphatic heterocycles. The van der Waals surface area contributed by atoms with Crippen LogP contribution in [0.15, 0.2) is 0 Å². The summed E-state index contributed by atoms with van der Waals surface area (Å²) >= 11 is 0. The molecular formula is C12H24N2O2. The van der Waals surface area contributed by atoms with Gasteiger partial charge in [-0.05, 0) is 53.4 Å². The molecule has 0 aliphatic carbocycles. The van der Waals surface area contributed by atoms with Crippen LogP contribution in [0.25, 0.3) is 0 Å². The van der Waals surface area contributed by atoms with Gasteiger partial charge in [0.2, 0.25) is 0 Å². The molecule has 0 aromatic rings. The zero-order chi connectivity index (χ0) is 12.0. The fourth-order valence-electron chi connectivity index (χ4n) is 2.33. The average Bonchev–Trinajstić information content (AvgIpc) is 2.42. The Bertz CT molecular complexity index is 233. The summed E-state index contributed by atoms with van der Waals surface area (Å²) in [4.78, 5) is 13.9. The summed E-state index contributed by atoms with van der Waals surface area (Å²) in [6.45, 7) is 4.48.